The minimum Gasteiger partial charge on any atom is -0.480 e. The van der Waals surface area contributed by atoms with Gasteiger partial charge >= 0.3 is 11.9 Å². The van der Waals surface area contributed by atoms with E-state index < -0.39 is 24.0 Å². The number of fused-ring (bicyclic) bond motifs is 1. The highest BCUT2D eigenvalue weighted by Gasteiger charge is 2.28. The molecule has 0 saturated heterocycles. The number of thiophene rings is 1. The Morgan fingerprint density at radius 1 is 1.12 bits per heavy atom. The van der Waals surface area contributed by atoms with Crippen LogP contribution in [0.2, 0.25) is 0 Å². The number of aromatic nitrogens is 1. The molecule has 1 aromatic carbocycles. The maximum Gasteiger partial charge on any atom is 0.323 e. The van der Waals surface area contributed by atoms with Gasteiger partial charge in [-0.15, -0.1) is 11.3 Å². The number of benzene rings is 1. The Morgan fingerprint density at radius 2 is 1.88 bits per heavy atom. The van der Waals surface area contributed by atoms with Gasteiger partial charge < -0.3 is 15.2 Å². The third kappa shape index (κ3) is 6.59. The van der Waals surface area contributed by atoms with Gasteiger partial charge in [0, 0.05) is 16.8 Å². The van der Waals surface area contributed by atoms with Crippen LogP contribution in [-0.2, 0) is 20.7 Å². The summed E-state index contributed by atoms with van der Waals surface area (Å²) in [6, 6.07) is 11.3. The fourth-order valence-corrected chi connectivity index (χ4v) is 4.38. The van der Waals surface area contributed by atoms with Crippen molar-refractivity contribution in [2.24, 2.45) is 5.92 Å². The molecule has 33 heavy (non-hydrogen) atoms. The molecule has 2 atom stereocenters. The van der Waals surface area contributed by atoms with Gasteiger partial charge in [0.05, 0.1) is 23.9 Å². The molecule has 2 aromatic heterocycles. The highest BCUT2D eigenvalue weighted by molar-refractivity contribution is 7.20. The zero-order valence-electron chi connectivity index (χ0n) is 18.7. The van der Waals surface area contributed by atoms with Crippen LogP contribution in [0.25, 0.3) is 10.1 Å². The van der Waals surface area contributed by atoms with Gasteiger partial charge in [0.1, 0.15) is 12.1 Å². The molecule has 9 heteroatoms. The number of hydrogen-bond donors (Lipinski definition) is 3. The van der Waals surface area contributed by atoms with E-state index in [1.165, 1.54) is 24.6 Å². The van der Waals surface area contributed by atoms with Crippen molar-refractivity contribution in [3.8, 4) is 0 Å². The Balaban J connectivity index is 1.67. The van der Waals surface area contributed by atoms with E-state index in [2.05, 4.69) is 15.6 Å². The molecule has 0 aliphatic rings. The number of carboxylic acids is 1. The number of ether oxygens (including phenoxy) is 1. The molecule has 0 radical (unpaired) electrons. The molecule has 1 amide bonds. The number of carboxylic acid groups (broad SMARTS) is 1. The van der Waals surface area contributed by atoms with Crippen molar-refractivity contribution in [3.05, 3.63) is 59.2 Å². The van der Waals surface area contributed by atoms with Gasteiger partial charge in [0.2, 0.25) is 0 Å². The SMILES string of the molecule is COC(=O)C(Cc1ccc(NC(=O)c2cc3ccccc3s2)cn1)NC(CC(C)C)C(=O)O. The van der Waals surface area contributed by atoms with Gasteiger partial charge in [-0.05, 0) is 42.0 Å². The van der Waals surface area contributed by atoms with E-state index in [9.17, 15) is 19.5 Å². The number of nitrogens with one attached hydrogen (secondary N) is 2. The van der Waals surface area contributed by atoms with Crippen molar-refractivity contribution in [1.82, 2.24) is 10.3 Å². The summed E-state index contributed by atoms with van der Waals surface area (Å²) in [4.78, 5) is 41.3. The highest BCUT2D eigenvalue weighted by atomic mass is 32.1. The summed E-state index contributed by atoms with van der Waals surface area (Å²) in [5.74, 6) is -1.67. The normalized spacial score (nSPS) is 13.0. The number of carbonyl (C=O) groups excluding carboxylic acids is 2. The lowest BCUT2D eigenvalue weighted by atomic mass is 10.0. The van der Waals surface area contributed by atoms with Gasteiger partial charge in [-0.25, -0.2) is 0 Å². The minimum absolute atomic E-state index is 0.138. The first-order valence-corrected chi connectivity index (χ1v) is 11.4. The Kier molecular flexibility index (Phi) is 8.13. The van der Waals surface area contributed by atoms with Crippen LogP contribution >= 0.6 is 11.3 Å². The van der Waals surface area contributed by atoms with Crippen molar-refractivity contribution in [3.63, 3.8) is 0 Å². The van der Waals surface area contributed by atoms with Crippen LogP contribution in [0, 0.1) is 5.92 Å². The van der Waals surface area contributed by atoms with Gasteiger partial charge in [-0.2, -0.15) is 0 Å². The third-order valence-corrected chi connectivity index (χ3v) is 6.15. The molecule has 0 bridgehead atoms. The fourth-order valence-electron chi connectivity index (χ4n) is 3.42. The molecule has 174 valence electrons. The average molecular weight is 470 g/mol. The van der Waals surface area contributed by atoms with Gasteiger partial charge in [0.25, 0.3) is 5.91 Å². The van der Waals surface area contributed by atoms with E-state index in [0.29, 0.717) is 22.7 Å². The zero-order chi connectivity index (χ0) is 24.0. The first-order valence-electron chi connectivity index (χ1n) is 10.6. The van der Waals surface area contributed by atoms with Crippen LogP contribution in [0.3, 0.4) is 0 Å². The van der Waals surface area contributed by atoms with Crippen LogP contribution in [0.15, 0.2) is 48.7 Å². The summed E-state index contributed by atoms with van der Waals surface area (Å²) in [5, 5.41) is 16.2. The topological polar surface area (TPSA) is 118 Å². The summed E-state index contributed by atoms with van der Waals surface area (Å²) >= 11 is 1.41. The van der Waals surface area contributed by atoms with Crippen LogP contribution in [0.4, 0.5) is 5.69 Å². The summed E-state index contributed by atoms with van der Waals surface area (Å²) in [6.07, 6.45) is 2.04. The quantitative estimate of drug-likeness (QED) is 0.387. The molecule has 3 rings (SSSR count). The maximum absolute atomic E-state index is 12.6. The zero-order valence-corrected chi connectivity index (χ0v) is 19.5. The molecule has 3 aromatic rings. The number of hydrogen-bond acceptors (Lipinski definition) is 7. The summed E-state index contributed by atoms with van der Waals surface area (Å²) in [6.45, 7) is 3.83. The molecule has 8 nitrogen and oxygen atoms in total. The van der Waals surface area contributed by atoms with Crippen LogP contribution in [0.1, 0.15) is 35.6 Å². The van der Waals surface area contributed by atoms with Crippen molar-refractivity contribution < 1.29 is 24.2 Å². The fraction of sp³-hybridized carbons (Fsp3) is 0.333. The second-order valence-corrected chi connectivity index (χ2v) is 9.19. The lowest BCUT2D eigenvalue weighted by Crippen LogP contribution is -2.49. The summed E-state index contributed by atoms with van der Waals surface area (Å²) in [5.41, 5.74) is 1.08. The second kappa shape index (κ2) is 11.0. The molecular weight excluding hydrogens is 442 g/mol. The Hall–Kier alpha value is -3.30. The summed E-state index contributed by atoms with van der Waals surface area (Å²) < 4.78 is 5.88. The van der Waals surface area contributed by atoms with E-state index in [0.717, 1.165) is 10.1 Å². The van der Waals surface area contributed by atoms with Crippen LogP contribution < -0.4 is 10.6 Å². The van der Waals surface area contributed by atoms with E-state index in [1.54, 1.807) is 12.1 Å². The molecule has 0 fully saturated rings. The number of nitrogens with zero attached hydrogens (tertiary/aromatic N) is 1. The molecule has 3 N–H and O–H groups in total. The van der Waals surface area contributed by atoms with Gasteiger partial charge in [0.15, 0.2) is 0 Å². The Morgan fingerprint density at radius 3 is 2.48 bits per heavy atom. The Bertz CT molecular complexity index is 1090. The first-order chi connectivity index (χ1) is 15.8. The monoisotopic (exact) mass is 469 g/mol. The Labute approximate surface area is 196 Å². The number of aliphatic carboxylic acids is 1. The molecule has 0 aliphatic carbocycles. The van der Waals surface area contributed by atoms with Crippen molar-refractivity contribution in [1.29, 1.82) is 0 Å². The predicted octanol–water partition coefficient (Wildman–Crippen LogP) is 3.72. The van der Waals surface area contributed by atoms with Crippen LogP contribution in [0.5, 0.6) is 0 Å². The molecule has 0 saturated carbocycles. The van der Waals surface area contributed by atoms with E-state index in [-0.39, 0.29) is 18.2 Å². The molecule has 2 heterocycles. The van der Waals surface area contributed by atoms with E-state index >= 15 is 0 Å². The number of esters is 1. The first kappa shape index (κ1) is 24.3. The van der Waals surface area contributed by atoms with Crippen molar-refractivity contribution in [2.75, 3.05) is 12.4 Å². The smallest absolute Gasteiger partial charge is 0.323 e. The third-order valence-electron chi connectivity index (χ3n) is 5.04. The lowest BCUT2D eigenvalue weighted by Gasteiger charge is -2.22. The number of carbonyl (C=O) groups is 3. The minimum atomic E-state index is -1.02. The van der Waals surface area contributed by atoms with Crippen molar-refractivity contribution in [2.45, 2.75) is 38.8 Å². The second-order valence-electron chi connectivity index (χ2n) is 8.11. The lowest BCUT2D eigenvalue weighted by molar-refractivity contribution is -0.145. The van der Waals surface area contributed by atoms with Gasteiger partial charge in [-0.1, -0.05) is 32.0 Å². The number of rotatable bonds is 10. The number of amides is 1. The molecule has 0 spiro atoms. The summed E-state index contributed by atoms with van der Waals surface area (Å²) in [7, 11) is 1.26. The number of anilines is 1. The number of pyridine rings is 1. The number of methoxy groups -OCH3 is 1. The van der Waals surface area contributed by atoms with E-state index in [4.69, 9.17) is 4.74 Å². The molecular formula is C24H27N3O5S. The standard InChI is InChI=1S/C24H27N3O5S/c1-14(2)10-18(23(29)30)27-19(24(31)32-3)12-16-8-9-17(13-25-16)26-22(28)21-11-15-6-4-5-7-20(15)33-21/h4-9,11,13-14,18-19,27H,10,12H2,1-3H3,(H,26,28)(H,29,30). The average Bonchev–Trinajstić information content (AvgIpc) is 3.23. The maximum atomic E-state index is 12.6. The van der Waals surface area contributed by atoms with E-state index in [1.807, 2.05) is 44.2 Å². The largest absolute Gasteiger partial charge is 0.480 e. The predicted molar refractivity (Wildman–Crippen MR) is 128 cm³/mol. The van der Waals surface area contributed by atoms with Crippen LogP contribution in [-0.4, -0.2) is 47.1 Å². The highest BCUT2D eigenvalue weighted by Crippen LogP contribution is 2.26. The molecule has 0 aliphatic heterocycles. The van der Waals surface area contributed by atoms with Gasteiger partial charge in [-0.3, -0.25) is 24.7 Å². The van der Waals surface area contributed by atoms with Crippen molar-refractivity contribution >= 4 is 45.0 Å². The molecule has 2 unspecified atom stereocenters.